The summed E-state index contributed by atoms with van der Waals surface area (Å²) in [7, 11) is 1.59. The van der Waals surface area contributed by atoms with Crippen molar-refractivity contribution in [3.63, 3.8) is 0 Å². The Bertz CT molecular complexity index is 1180. The number of hydrogen-bond donors (Lipinski definition) is 2. The maximum absolute atomic E-state index is 12.6. The molecule has 1 aliphatic heterocycles. The SMILES string of the molecule is COc1ccc2c(c1)OCCN(c1ccc(NC(=O)c3ccccc3Cl)cc1C(=O)O)C2. The Balaban J connectivity index is 1.61. The van der Waals surface area contributed by atoms with Crippen molar-refractivity contribution in [2.75, 3.05) is 30.5 Å². The summed E-state index contributed by atoms with van der Waals surface area (Å²) in [4.78, 5) is 26.5. The Kier molecular flexibility index (Phi) is 6.18. The van der Waals surface area contributed by atoms with E-state index in [9.17, 15) is 14.7 Å². The first-order valence-electron chi connectivity index (χ1n) is 9.94. The van der Waals surface area contributed by atoms with Crippen molar-refractivity contribution >= 4 is 34.9 Å². The highest BCUT2D eigenvalue weighted by atomic mass is 35.5. The van der Waals surface area contributed by atoms with Gasteiger partial charge in [-0.05, 0) is 42.5 Å². The van der Waals surface area contributed by atoms with Crippen molar-refractivity contribution in [1.82, 2.24) is 0 Å². The van der Waals surface area contributed by atoms with Gasteiger partial charge in [-0.25, -0.2) is 4.79 Å². The van der Waals surface area contributed by atoms with E-state index in [0.29, 0.717) is 53.2 Å². The van der Waals surface area contributed by atoms with Gasteiger partial charge in [-0.2, -0.15) is 0 Å². The molecule has 0 aromatic heterocycles. The standard InChI is InChI=1S/C24H21ClN2O5/c1-31-17-8-6-15-14-27(10-11-32-22(15)13-17)21-9-7-16(12-19(21)24(29)30)26-23(28)18-4-2-3-5-20(18)25/h2-9,12-13H,10-11,14H2,1H3,(H,26,28)(H,29,30). The van der Waals surface area contributed by atoms with Crippen LogP contribution in [-0.2, 0) is 6.54 Å². The van der Waals surface area contributed by atoms with Crippen molar-refractivity contribution < 1.29 is 24.2 Å². The number of nitrogens with one attached hydrogen (secondary N) is 1. The summed E-state index contributed by atoms with van der Waals surface area (Å²) in [5.74, 6) is -0.0888. The molecule has 4 rings (SSSR count). The molecule has 1 heterocycles. The van der Waals surface area contributed by atoms with Crippen molar-refractivity contribution in [2.24, 2.45) is 0 Å². The van der Waals surface area contributed by atoms with Gasteiger partial charge in [-0.3, -0.25) is 4.79 Å². The summed E-state index contributed by atoms with van der Waals surface area (Å²) in [6, 6.07) is 17.1. The highest BCUT2D eigenvalue weighted by molar-refractivity contribution is 6.34. The van der Waals surface area contributed by atoms with Crippen LogP contribution in [0.15, 0.2) is 60.7 Å². The predicted octanol–water partition coefficient (Wildman–Crippen LogP) is 4.70. The number of nitrogens with zero attached hydrogens (tertiary/aromatic N) is 1. The number of ether oxygens (including phenoxy) is 2. The molecule has 3 aromatic carbocycles. The number of rotatable bonds is 5. The lowest BCUT2D eigenvalue weighted by Crippen LogP contribution is -2.27. The van der Waals surface area contributed by atoms with Crippen LogP contribution in [0.3, 0.4) is 0 Å². The monoisotopic (exact) mass is 452 g/mol. The smallest absolute Gasteiger partial charge is 0.337 e. The maximum atomic E-state index is 12.6. The first-order chi connectivity index (χ1) is 15.5. The fourth-order valence-electron chi connectivity index (χ4n) is 3.59. The Morgan fingerprint density at radius 1 is 1.09 bits per heavy atom. The Morgan fingerprint density at radius 3 is 2.66 bits per heavy atom. The fraction of sp³-hybridized carbons (Fsp3) is 0.167. The largest absolute Gasteiger partial charge is 0.497 e. The van der Waals surface area contributed by atoms with Crippen molar-refractivity contribution in [1.29, 1.82) is 0 Å². The van der Waals surface area contributed by atoms with Gasteiger partial charge < -0.3 is 24.8 Å². The van der Waals surface area contributed by atoms with Gasteiger partial charge in [-0.15, -0.1) is 0 Å². The minimum absolute atomic E-state index is 0.0823. The van der Waals surface area contributed by atoms with Crippen LogP contribution in [0.2, 0.25) is 5.02 Å². The summed E-state index contributed by atoms with van der Waals surface area (Å²) < 4.78 is 11.1. The zero-order chi connectivity index (χ0) is 22.7. The molecular formula is C24H21ClN2O5. The van der Waals surface area contributed by atoms with Crippen LogP contribution in [0, 0.1) is 0 Å². The molecule has 164 valence electrons. The molecule has 0 spiro atoms. The Hall–Kier alpha value is -3.71. The molecular weight excluding hydrogens is 432 g/mol. The highest BCUT2D eigenvalue weighted by Gasteiger charge is 2.22. The van der Waals surface area contributed by atoms with Crippen LogP contribution in [-0.4, -0.2) is 37.2 Å². The van der Waals surface area contributed by atoms with E-state index in [4.69, 9.17) is 21.1 Å². The lowest BCUT2D eigenvalue weighted by atomic mass is 10.1. The van der Waals surface area contributed by atoms with E-state index < -0.39 is 11.9 Å². The molecule has 0 fully saturated rings. The average molecular weight is 453 g/mol. The van der Waals surface area contributed by atoms with Gasteiger partial charge in [0.15, 0.2) is 0 Å². The zero-order valence-corrected chi connectivity index (χ0v) is 18.1. The minimum atomic E-state index is -1.09. The number of carboxylic acid groups (broad SMARTS) is 1. The topological polar surface area (TPSA) is 88.1 Å². The second-order valence-electron chi connectivity index (χ2n) is 7.21. The molecule has 32 heavy (non-hydrogen) atoms. The quantitative estimate of drug-likeness (QED) is 0.583. The van der Waals surface area contributed by atoms with E-state index >= 15 is 0 Å². The average Bonchev–Trinajstić information content (AvgIpc) is 3.01. The van der Waals surface area contributed by atoms with Crippen LogP contribution >= 0.6 is 11.6 Å². The van der Waals surface area contributed by atoms with Crippen LogP contribution in [0.1, 0.15) is 26.3 Å². The summed E-state index contributed by atoms with van der Waals surface area (Å²) in [5.41, 5.74) is 2.23. The van der Waals surface area contributed by atoms with Gasteiger partial charge in [0.05, 0.1) is 35.5 Å². The van der Waals surface area contributed by atoms with E-state index in [-0.39, 0.29) is 5.56 Å². The minimum Gasteiger partial charge on any atom is -0.497 e. The molecule has 0 radical (unpaired) electrons. The van der Waals surface area contributed by atoms with Gasteiger partial charge in [0.1, 0.15) is 18.1 Å². The Labute approximate surface area is 190 Å². The second kappa shape index (κ2) is 9.20. The summed E-state index contributed by atoms with van der Waals surface area (Å²) in [5, 5.41) is 12.9. The third-order valence-electron chi connectivity index (χ3n) is 5.20. The first-order valence-corrected chi connectivity index (χ1v) is 10.3. The van der Waals surface area contributed by atoms with Crippen LogP contribution in [0.5, 0.6) is 11.5 Å². The number of amides is 1. The molecule has 0 bridgehead atoms. The molecule has 1 amide bonds. The van der Waals surface area contributed by atoms with Crippen LogP contribution < -0.4 is 19.7 Å². The van der Waals surface area contributed by atoms with Crippen molar-refractivity contribution in [3.05, 3.63) is 82.4 Å². The normalized spacial score (nSPS) is 12.9. The number of carbonyl (C=O) groups excluding carboxylic acids is 1. The number of carboxylic acids is 1. The third-order valence-corrected chi connectivity index (χ3v) is 5.53. The van der Waals surface area contributed by atoms with E-state index in [2.05, 4.69) is 5.32 Å². The number of fused-ring (bicyclic) bond motifs is 1. The zero-order valence-electron chi connectivity index (χ0n) is 17.3. The molecule has 1 aliphatic rings. The molecule has 0 aliphatic carbocycles. The molecule has 0 saturated heterocycles. The van der Waals surface area contributed by atoms with E-state index in [1.54, 1.807) is 43.5 Å². The molecule has 0 unspecified atom stereocenters. The second-order valence-corrected chi connectivity index (χ2v) is 7.62. The molecule has 3 aromatic rings. The first kappa shape index (κ1) is 21.5. The number of halogens is 1. The molecule has 7 nitrogen and oxygen atoms in total. The highest BCUT2D eigenvalue weighted by Crippen LogP contribution is 2.32. The summed E-state index contributed by atoms with van der Waals surface area (Å²) in [6.45, 7) is 1.37. The molecule has 8 heteroatoms. The molecule has 2 N–H and O–H groups in total. The number of aromatic carboxylic acids is 1. The van der Waals surface area contributed by atoms with Crippen molar-refractivity contribution in [2.45, 2.75) is 6.54 Å². The van der Waals surface area contributed by atoms with Gasteiger partial charge in [0, 0.05) is 23.9 Å². The molecule has 0 saturated carbocycles. The van der Waals surface area contributed by atoms with Crippen LogP contribution in [0.25, 0.3) is 0 Å². The summed E-state index contributed by atoms with van der Waals surface area (Å²) >= 11 is 6.09. The van der Waals surface area contributed by atoms with E-state index in [1.807, 2.05) is 23.1 Å². The Morgan fingerprint density at radius 2 is 1.91 bits per heavy atom. The van der Waals surface area contributed by atoms with Gasteiger partial charge in [0.2, 0.25) is 0 Å². The lowest BCUT2D eigenvalue weighted by molar-refractivity contribution is 0.0697. The summed E-state index contributed by atoms with van der Waals surface area (Å²) in [6.07, 6.45) is 0. The number of benzene rings is 3. The van der Waals surface area contributed by atoms with Crippen LogP contribution in [0.4, 0.5) is 11.4 Å². The number of carbonyl (C=O) groups is 2. The van der Waals surface area contributed by atoms with Crippen molar-refractivity contribution in [3.8, 4) is 11.5 Å². The third kappa shape index (κ3) is 4.48. The van der Waals surface area contributed by atoms with Gasteiger partial charge >= 0.3 is 5.97 Å². The van der Waals surface area contributed by atoms with Gasteiger partial charge in [0.25, 0.3) is 5.91 Å². The maximum Gasteiger partial charge on any atom is 0.337 e. The number of anilines is 2. The fourth-order valence-corrected chi connectivity index (χ4v) is 3.81. The van der Waals surface area contributed by atoms with E-state index in [1.165, 1.54) is 6.07 Å². The predicted molar refractivity (Wildman–Crippen MR) is 122 cm³/mol. The van der Waals surface area contributed by atoms with E-state index in [0.717, 1.165) is 5.56 Å². The number of methoxy groups -OCH3 is 1. The molecule has 0 atom stereocenters. The number of hydrogen-bond acceptors (Lipinski definition) is 5. The lowest BCUT2D eigenvalue weighted by Gasteiger charge is -2.24. The van der Waals surface area contributed by atoms with Gasteiger partial charge in [-0.1, -0.05) is 23.7 Å².